The number of nitrogens with zero attached hydrogens (tertiary/aromatic N) is 2. The Morgan fingerprint density at radius 2 is 1.43 bits per heavy atom. The third kappa shape index (κ3) is 5.22. The van der Waals surface area contributed by atoms with Crippen molar-refractivity contribution in [2.24, 2.45) is 0 Å². The average molecular weight is 401 g/mol. The second-order valence-electron chi connectivity index (χ2n) is 8.23. The summed E-state index contributed by atoms with van der Waals surface area (Å²) in [6.45, 7) is 9.72. The van der Waals surface area contributed by atoms with Crippen molar-refractivity contribution in [1.82, 2.24) is 4.90 Å². The Kier molecular flexibility index (Phi) is 6.70. The topological polar surface area (TPSA) is 15.7 Å². The number of para-hydroxylation sites is 1. The highest BCUT2D eigenvalue weighted by atomic mass is 16.5. The van der Waals surface area contributed by atoms with Gasteiger partial charge in [-0.3, -0.25) is 4.90 Å². The Labute approximate surface area is 180 Å². The van der Waals surface area contributed by atoms with Crippen molar-refractivity contribution in [3.05, 3.63) is 95.6 Å². The van der Waals surface area contributed by atoms with E-state index in [4.69, 9.17) is 4.74 Å². The summed E-state index contributed by atoms with van der Waals surface area (Å²) in [5.74, 6) is 0.943. The van der Waals surface area contributed by atoms with Crippen LogP contribution in [0, 0.1) is 13.8 Å². The number of anilines is 1. The van der Waals surface area contributed by atoms with Crippen LogP contribution in [0.2, 0.25) is 0 Å². The van der Waals surface area contributed by atoms with Crippen molar-refractivity contribution < 1.29 is 4.74 Å². The Hall–Kier alpha value is -2.78. The van der Waals surface area contributed by atoms with Crippen LogP contribution in [0.1, 0.15) is 29.2 Å². The zero-order valence-corrected chi connectivity index (χ0v) is 18.1. The van der Waals surface area contributed by atoms with Crippen LogP contribution >= 0.6 is 0 Å². The van der Waals surface area contributed by atoms with Crippen LogP contribution in [0.15, 0.2) is 78.9 Å². The van der Waals surface area contributed by atoms with Gasteiger partial charge in [-0.05, 0) is 43.2 Å². The molecule has 3 aromatic carbocycles. The normalized spacial score (nSPS) is 15.7. The third-order valence-corrected chi connectivity index (χ3v) is 6.01. The first-order valence-corrected chi connectivity index (χ1v) is 11.0. The lowest BCUT2D eigenvalue weighted by atomic mass is 10.1. The molecule has 1 heterocycles. The summed E-state index contributed by atoms with van der Waals surface area (Å²) in [6.07, 6.45) is 1.06. The molecular formula is C27H32N2O. The molecule has 3 aromatic rings. The predicted octanol–water partition coefficient (Wildman–Crippen LogP) is 5.64. The molecular weight excluding hydrogens is 368 g/mol. The zero-order chi connectivity index (χ0) is 20.8. The van der Waals surface area contributed by atoms with Crippen molar-refractivity contribution in [2.75, 3.05) is 37.6 Å². The van der Waals surface area contributed by atoms with Crippen LogP contribution in [0.4, 0.5) is 5.69 Å². The van der Waals surface area contributed by atoms with Crippen molar-refractivity contribution >= 4 is 5.69 Å². The van der Waals surface area contributed by atoms with E-state index in [1.807, 2.05) is 0 Å². The molecule has 1 fully saturated rings. The van der Waals surface area contributed by atoms with E-state index in [9.17, 15) is 0 Å². The quantitative estimate of drug-likeness (QED) is 0.511. The molecule has 1 aliphatic heterocycles. The molecule has 0 amide bonds. The molecule has 1 atom stereocenters. The number of hydrogen-bond acceptors (Lipinski definition) is 3. The third-order valence-electron chi connectivity index (χ3n) is 6.01. The molecule has 0 aromatic heterocycles. The van der Waals surface area contributed by atoms with Gasteiger partial charge >= 0.3 is 0 Å². The summed E-state index contributed by atoms with van der Waals surface area (Å²) < 4.78 is 6.42. The van der Waals surface area contributed by atoms with Gasteiger partial charge in [0.1, 0.15) is 11.9 Å². The monoisotopic (exact) mass is 400 g/mol. The fraction of sp³-hybridized carbons (Fsp3) is 0.333. The molecule has 0 spiro atoms. The lowest BCUT2D eigenvalue weighted by Gasteiger charge is -2.37. The van der Waals surface area contributed by atoms with Gasteiger partial charge in [0.05, 0.1) is 0 Å². The molecule has 0 aliphatic carbocycles. The van der Waals surface area contributed by atoms with Crippen molar-refractivity contribution in [2.45, 2.75) is 26.4 Å². The van der Waals surface area contributed by atoms with Crippen LogP contribution in [-0.4, -0.2) is 37.6 Å². The minimum atomic E-state index is 0.0725. The highest BCUT2D eigenvalue weighted by molar-refractivity contribution is 5.53. The van der Waals surface area contributed by atoms with Gasteiger partial charge in [-0.2, -0.15) is 0 Å². The van der Waals surface area contributed by atoms with Crippen LogP contribution in [0.25, 0.3) is 0 Å². The number of piperazine rings is 1. The van der Waals surface area contributed by atoms with E-state index >= 15 is 0 Å². The molecule has 0 saturated carbocycles. The molecule has 0 radical (unpaired) electrons. The Morgan fingerprint density at radius 3 is 2.13 bits per heavy atom. The SMILES string of the molecule is Cc1ccc(OC(CCN2CCN(c3ccccc3C)CC2)c2ccccc2)cc1. The summed E-state index contributed by atoms with van der Waals surface area (Å²) in [7, 11) is 0. The molecule has 1 unspecified atom stereocenters. The predicted molar refractivity (Wildman–Crippen MR) is 125 cm³/mol. The van der Waals surface area contributed by atoms with Gasteiger partial charge in [-0.15, -0.1) is 0 Å². The smallest absolute Gasteiger partial charge is 0.125 e. The Bertz CT molecular complexity index is 915. The molecule has 3 nitrogen and oxygen atoms in total. The first kappa shape index (κ1) is 20.5. The molecule has 0 N–H and O–H groups in total. The fourth-order valence-electron chi connectivity index (χ4n) is 4.17. The minimum Gasteiger partial charge on any atom is -0.486 e. The van der Waals surface area contributed by atoms with Crippen molar-refractivity contribution in [3.8, 4) is 5.75 Å². The van der Waals surface area contributed by atoms with Crippen molar-refractivity contribution in [1.29, 1.82) is 0 Å². The van der Waals surface area contributed by atoms with Gasteiger partial charge in [0.25, 0.3) is 0 Å². The van der Waals surface area contributed by atoms with E-state index in [1.165, 1.54) is 22.4 Å². The molecule has 1 aliphatic rings. The van der Waals surface area contributed by atoms with E-state index in [0.29, 0.717) is 0 Å². The standard InChI is InChI=1S/C27H32N2O/c1-22-12-14-25(15-13-22)30-27(24-9-4-3-5-10-24)16-17-28-18-20-29(21-19-28)26-11-7-6-8-23(26)2/h3-15,27H,16-21H2,1-2H3. The summed E-state index contributed by atoms with van der Waals surface area (Å²) in [5.41, 5.74) is 5.24. The van der Waals surface area contributed by atoms with Gasteiger partial charge < -0.3 is 9.64 Å². The van der Waals surface area contributed by atoms with Crippen molar-refractivity contribution in [3.63, 3.8) is 0 Å². The van der Waals surface area contributed by atoms with Gasteiger partial charge in [-0.25, -0.2) is 0 Å². The molecule has 4 rings (SSSR count). The first-order chi connectivity index (χ1) is 14.7. The number of ether oxygens (including phenoxy) is 1. The zero-order valence-electron chi connectivity index (χ0n) is 18.1. The fourth-order valence-corrected chi connectivity index (χ4v) is 4.17. The molecule has 1 saturated heterocycles. The second-order valence-corrected chi connectivity index (χ2v) is 8.23. The van der Waals surface area contributed by atoms with Crippen LogP contribution < -0.4 is 9.64 Å². The Balaban J connectivity index is 1.36. The van der Waals surface area contributed by atoms with E-state index in [0.717, 1.165) is 44.9 Å². The van der Waals surface area contributed by atoms with E-state index in [1.54, 1.807) is 0 Å². The molecule has 30 heavy (non-hydrogen) atoms. The van der Waals surface area contributed by atoms with E-state index in [-0.39, 0.29) is 6.10 Å². The number of benzene rings is 3. The highest BCUT2D eigenvalue weighted by Gasteiger charge is 2.20. The second kappa shape index (κ2) is 9.82. The van der Waals surface area contributed by atoms with Crippen LogP contribution in [0.3, 0.4) is 0 Å². The number of rotatable bonds is 7. The van der Waals surface area contributed by atoms with Crippen LogP contribution in [-0.2, 0) is 0 Å². The maximum absolute atomic E-state index is 6.42. The Morgan fingerprint density at radius 1 is 0.767 bits per heavy atom. The van der Waals surface area contributed by atoms with Gasteiger partial charge in [-0.1, -0.05) is 66.2 Å². The summed E-state index contributed by atoms with van der Waals surface area (Å²) in [6, 6.07) is 27.7. The number of hydrogen-bond donors (Lipinski definition) is 0. The van der Waals surface area contributed by atoms with Crippen LogP contribution in [0.5, 0.6) is 5.75 Å². The molecule has 3 heteroatoms. The lowest BCUT2D eigenvalue weighted by Crippen LogP contribution is -2.47. The summed E-state index contributed by atoms with van der Waals surface area (Å²) in [4.78, 5) is 5.09. The maximum atomic E-state index is 6.42. The van der Waals surface area contributed by atoms with Gasteiger partial charge in [0.15, 0.2) is 0 Å². The summed E-state index contributed by atoms with van der Waals surface area (Å²) >= 11 is 0. The number of aryl methyl sites for hydroxylation is 2. The van der Waals surface area contributed by atoms with Gasteiger partial charge in [0, 0.05) is 44.8 Å². The average Bonchev–Trinajstić information content (AvgIpc) is 2.79. The van der Waals surface area contributed by atoms with E-state index < -0.39 is 0 Å². The highest BCUT2D eigenvalue weighted by Crippen LogP contribution is 2.26. The van der Waals surface area contributed by atoms with E-state index in [2.05, 4.69) is 103 Å². The first-order valence-electron chi connectivity index (χ1n) is 11.0. The maximum Gasteiger partial charge on any atom is 0.125 e. The molecule has 156 valence electrons. The summed E-state index contributed by atoms with van der Waals surface area (Å²) in [5, 5.41) is 0. The molecule has 0 bridgehead atoms. The lowest BCUT2D eigenvalue weighted by molar-refractivity contribution is 0.160. The largest absolute Gasteiger partial charge is 0.486 e. The minimum absolute atomic E-state index is 0.0725. The van der Waals surface area contributed by atoms with Gasteiger partial charge in [0.2, 0.25) is 0 Å².